The van der Waals surface area contributed by atoms with Crippen molar-refractivity contribution in [3.8, 4) is 0 Å². The standard InChI is InChI=1S/C20H19ClFN3O/c21-16-6-4-15(5-7-16)18-19(26)24-20(23-18)8-10-25(11-9-20)13-14-2-1-3-17(22)12-14/h1-7,12H,8-11,13H2,(H,24,26). The summed E-state index contributed by atoms with van der Waals surface area (Å²) in [4.78, 5) is 19.4. The number of rotatable bonds is 3. The summed E-state index contributed by atoms with van der Waals surface area (Å²) in [6.07, 6.45) is 1.48. The van der Waals surface area contributed by atoms with Crippen LogP contribution in [0.5, 0.6) is 0 Å². The van der Waals surface area contributed by atoms with Crippen LogP contribution in [0.15, 0.2) is 53.5 Å². The molecule has 4 rings (SSSR count). The van der Waals surface area contributed by atoms with Crippen LogP contribution >= 0.6 is 11.6 Å². The molecule has 4 nitrogen and oxygen atoms in total. The minimum absolute atomic E-state index is 0.133. The molecule has 2 aliphatic rings. The largest absolute Gasteiger partial charge is 0.326 e. The summed E-state index contributed by atoms with van der Waals surface area (Å²) in [6.45, 7) is 2.30. The van der Waals surface area contributed by atoms with Gasteiger partial charge in [0.15, 0.2) is 0 Å². The number of nitrogens with zero attached hydrogens (tertiary/aromatic N) is 2. The van der Waals surface area contributed by atoms with Crippen LogP contribution in [0.3, 0.4) is 0 Å². The van der Waals surface area contributed by atoms with E-state index in [0.717, 1.165) is 37.1 Å². The van der Waals surface area contributed by atoms with Gasteiger partial charge in [0.1, 0.15) is 17.2 Å². The predicted octanol–water partition coefficient (Wildman–Crippen LogP) is 3.39. The van der Waals surface area contributed by atoms with E-state index in [0.29, 0.717) is 17.3 Å². The highest BCUT2D eigenvalue weighted by atomic mass is 35.5. The van der Waals surface area contributed by atoms with Crippen molar-refractivity contribution in [1.29, 1.82) is 0 Å². The molecule has 1 N–H and O–H groups in total. The third-order valence-electron chi connectivity index (χ3n) is 4.98. The lowest BCUT2D eigenvalue weighted by atomic mass is 9.97. The third-order valence-corrected chi connectivity index (χ3v) is 5.24. The molecule has 0 bridgehead atoms. The molecule has 0 saturated carbocycles. The Labute approximate surface area is 156 Å². The number of nitrogens with one attached hydrogen (secondary N) is 1. The molecule has 0 radical (unpaired) electrons. The number of amides is 1. The number of benzene rings is 2. The molecule has 2 aliphatic heterocycles. The van der Waals surface area contributed by atoms with Crippen LogP contribution in [0.25, 0.3) is 0 Å². The Balaban J connectivity index is 1.45. The highest BCUT2D eigenvalue weighted by molar-refractivity contribution is 6.47. The number of carbonyl (C=O) groups excluding carboxylic acids is 1. The van der Waals surface area contributed by atoms with Crippen molar-refractivity contribution < 1.29 is 9.18 Å². The maximum Gasteiger partial charge on any atom is 0.272 e. The minimum atomic E-state index is -0.523. The third kappa shape index (κ3) is 3.50. The van der Waals surface area contributed by atoms with Crippen LogP contribution in [-0.2, 0) is 11.3 Å². The highest BCUT2D eigenvalue weighted by Gasteiger charge is 2.41. The van der Waals surface area contributed by atoms with Crippen molar-refractivity contribution in [2.75, 3.05) is 13.1 Å². The maximum atomic E-state index is 13.3. The van der Waals surface area contributed by atoms with Crippen LogP contribution in [0.2, 0.25) is 5.02 Å². The molecule has 0 atom stereocenters. The van der Waals surface area contributed by atoms with Gasteiger partial charge in [0.05, 0.1) is 0 Å². The Morgan fingerprint density at radius 1 is 1.15 bits per heavy atom. The molecule has 0 unspecified atom stereocenters. The average Bonchev–Trinajstić information content (AvgIpc) is 2.94. The van der Waals surface area contributed by atoms with Gasteiger partial charge in [-0.3, -0.25) is 14.7 Å². The summed E-state index contributed by atoms with van der Waals surface area (Å²) in [5.41, 5.74) is 1.69. The SMILES string of the molecule is O=C1NC2(CCN(Cc3cccc(F)c3)CC2)N=C1c1ccc(Cl)cc1. The molecule has 1 amide bonds. The van der Waals surface area contributed by atoms with Crippen LogP contribution in [0.4, 0.5) is 4.39 Å². The first-order chi connectivity index (χ1) is 12.5. The van der Waals surface area contributed by atoms with Gasteiger partial charge in [-0.15, -0.1) is 0 Å². The number of carbonyl (C=O) groups is 1. The van der Waals surface area contributed by atoms with Crippen LogP contribution in [0.1, 0.15) is 24.0 Å². The van der Waals surface area contributed by atoms with Gasteiger partial charge in [-0.25, -0.2) is 4.39 Å². The maximum absolute atomic E-state index is 13.3. The van der Waals surface area contributed by atoms with E-state index in [4.69, 9.17) is 16.6 Å². The zero-order valence-electron chi connectivity index (χ0n) is 14.2. The molecule has 1 saturated heterocycles. The zero-order chi connectivity index (χ0) is 18.1. The summed E-state index contributed by atoms with van der Waals surface area (Å²) >= 11 is 5.92. The van der Waals surface area contributed by atoms with Gasteiger partial charge < -0.3 is 5.32 Å². The summed E-state index contributed by atoms with van der Waals surface area (Å²) in [5, 5.41) is 3.70. The van der Waals surface area contributed by atoms with Gasteiger partial charge in [-0.05, 0) is 29.8 Å². The fraction of sp³-hybridized carbons (Fsp3) is 0.300. The Morgan fingerprint density at radius 3 is 2.58 bits per heavy atom. The number of hydrogen-bond acceptors (Lipinski definition) is 3. The Morgan fingerprint density at radius 2 is 1.88 bits per heavy atom. The number of likely N-dealkylation sites (tertiary alicyclic amines) is 1. The van der Waals surface area contributed by atoms with Crippen molar-refractivity contribution in [3.05, 3.63) is 70.5 Å². The van der Waals surface area contributed by atoms with Crippen LogP contribution < -0.4 is 5.32 Å². The van der Waals surface area contributed by atoms with Crippen LogP contribution in [0, 0.1) is 5.82 Å². The highest BCUT2D eigenvalue weighted by Crippen LogP contribution is 2.29. The molecular formula is C20H19ClFN3O. The van der Waals surface area contributed by atoms with E-state index in [9.17, 15) is 9.18 Å². The van der Waals surface area contributed by atoms with E-state index in [1.807, 2.05) is 18.2 Å². The van der Waals surface area contributed by atoms with Gasteiger partial charge in [0.25, 0.3) is 5.91 Å². The summed E-state index contributed by atoms with van der Waals surface area (Å²) in [5.74, 6) is -0.345. The Kier molecular flexibility index (Phi) is 4.51. The normalized spacial score (nSPS) is 19.5. The van der Waals surface area contributed by atoms with Gasteiger partial charge in [0, 0.05) is 43.1 Å². The van der Waals surface area contributed by atoms with Crippen molar-refractivity contribution in [2.24, 2.45) is 4.99 Å². The molecule has 1 fully saturated rings. The number of aliphatic imine (C=N–C) groups is 1. The van der Waals surface area contributed by atoms with E-state index < -0.39 is 5.66 Å². The molecule has 2 heterocycles. The van der Waals surface area contributed by atoms with Gasteiger partial charge in [0.2, 0.25) is 0 Å². The van der Waals surface area contributed by atoms with E-state index in [1.165, 1.54) is 6.07 Å². The number of halogens is 2. The van der Waals surface area contributed by atoms with Gasteiger partial charge >= 0.3 is 0 Å². The average molecular weight is 372 g/mol. The van der Waals surface area contributed by atoms with Crippen molar-refractivity contribution >= 4 is 23.2 Å². The predicted molar refractivity (Wildman–Crippen MR) is 99.8 cm³/mol. The zero-order valence-corrected chi connectivity index (χ0v) is 15.0. The fourth-order valence-electron chi connectivity index (χ4n) is 3.58. The molecule has 0 aromatic heterocycles. The molecule has 6 heteroatoms. The Bertz CT molecular complexity index is 858. The first-order valence-electron chi connectivity index (χ1n) is 8.68. The quantitative estimate of drug-likeness (QED) is 0.898. The van der Waals surface area contributed by atoms with E-state index in [-0.39, 0.29) is 11.7 Å². The first-order valence-corrected chi connectivity index (χ1v) is 9.06. The molecule has 2 aromatic carbocycles. The topological polar surface area (TPSA) is 44.7 Å². The second-order valence-corrected chi connectivity index (χ2v) is 7.30. The summed E-state index contributed by atoms with van der Waals surface area (Å²) < 4.78 is 13.3. The molecule has 134 valence electrons. The Hall–Kier alpha value is -2.24. The second-order valence-electron chi connectivity index (χ2n) is 6.86. The summed E-state index contributed by atoms with van der Waals surface area (Å²) in [7, 11) is 0. The van der Waals surface area contributed by atoms with E-state index >= 15 is 0 Å². The lowest BCUT2D eigenvalue weighted by Crippen LogP contribution is -2.50. The second kappa shape index (κ2) is 6.82. The van der Waals surface area contributed by atoms with Crippen molar-refractivity contribution in [2.45, 2.75) is 25.0 Å². The van der Waals surface area contributed by atoms with E-state index in [2.05, 4.69) is 10.2 Å². The lowest BCUT2D eigenvalue weighted by Gasteiger charge is -2.37. The molecule has 0 aliphatic carbocycles. The molecule has 2 aromatic rings. The number of piperidine rings is 1. The van der Waals surface area contributed by atoms with Crippen LogP contribution in [-0.4, -0.2) is 35.3 Å². The lowest BCUT2D eigenvalue weighted by molar-refractivity contribution is -0.115. The smallest absolute Gasteiger partial charge is 0.272 e. The monoisotopic (exact) mass is 371 g/mol. The minimum Gasteiger partial charge on any atom is -0.326 e. The van der Waals surface area contributed by atoms with Gasteiger partial charge in [-0.1, -0.05) is 35.9 Å². The van der Waals surface area contributed by atoms with Crippen molar-refractivity contribution in [3.63, 3.8) is 0 Å². The molecule has 1 spiro atoms. The van der Waals surface area contributed by atoms with Crippen molar-refractivity contribution in [1.82, 2.24) is 10.2 Å². The number of hydrogen-bond donors (Lipinski definition) is 1. The fourth-order valence-corrected chi connectivity index (χ4v) is 3.70. The first kappa shape index (κ1) is 17.2. The molecule has 26 heavy (non-hydrogen) atoms. The molecular weight excluding hydrogens is 353 g/mol. The summed E-state index contributed by atoms with van der Waals surface area (Å²) in [6, 6.07) is 13.8. The van der Waals surface area contributed by atoms with Gasteiger partial charge in [-0.2, -0.15) is 0 Å². The van der Waals surface area contributed by atoms with E-state index in [1.54, 1.807) is 24.3 Å².